The zero-order valence-electron chi connectivity index (χ0n) is 13.4. The van der Waals surface area contributed by atoms with Crippen molar-refractivity contribution in [2.75, 3.05) is 11.9 Å². The monoisotopic (exact) mass is 392 g/mol. The summed E-state index contributed by atoms with van der Waals surface area (Å²) in [6, 6.07) is 7.68. The van der Waals surface area contributed by atoms with Crippen LogP contribution in [-0.2, 0) is 9.59 Å². The Kier molecular flexibility index (Phi) is 4.75. The summed E-state index contributed by atoms with van der Waals surface area (Å²) in [5.74, 6) is -0.0711. The smallest absolute Gasteiger partial charge is 0.238 e. The number of carbonyl (C=O) groups is 2. The molecular weight excluding hydrogens is 376 g/mol. The maximum Gasteiger partial charge on any atom is 0.238 e. The standard InChI is InChI=1S/C18H17ClN2O2S2/c19-12-3-4-15-13(8-12)20-18(23)16(25-15)9-17(22)21-6-1-2-14(21)11-5-7-24-10-11/h3-5,7-8,10,14,16H,1-2,6,9H2,(H,20,23). The van der Waals surface area contributed by atoms with Crippen LogP contribution in [0, 0.1) is 0 Å². The molecule has 1 aromatic carbocycles. The van der Waals surface area contributed by atoms with Gasteiger partial charge in [-0.25, -0.2) is 0 Å². The predicted octanol–water partition coefficient (Wildman–Crippen LogP) is 4.57. The second-order valence-corrected chi connectivity index (χ2v) is 8.70. The average Bonchev–Trinajstić information content (AvgIpc) is 3.26. The molecule has 3 heterocycles. The minimum Gasteiger partial charge on any atom is -0.336 e. The zero-order valence-corrected chi connectivity index (χ0v) is 15.8. The van der Waals surface area contributed by atoms with Gasteiger partial charge in [-0.2, -0.15) is 11.3 Å². The third kappa shape index (κ3) is 3.43. The summed E-state index contributed by atoms with van der Waals surface area (Å²) in [7, 11) is 0. The number of hydrogen-bond donors (Lipinski definition) is 1. The van der Waals surface area contributed by atoms with Crippen molar-refractivity contribution < 1.29 is 9.59 Å². The van der Waals surface area contributed by atoms with E-state index < -0.39 is 5.25 Å². The third-order valence-electron chi connectivity index (χ3n) is 4.62. The van der Waals surface area contributed by atoms with Gasteiger partial charge in [0.1, 0.15) is 0 Å². The molecule has 0 bridgehead atoms. The van der Waals surface area contributed by atoms with Gasteiger partial charge >= 0.3 is 0 Å². The summed E-state index contributed by atoms with van der Waals surface area (Å²) < 4.78 is 0. The Balaban J connectivity index is 1.47. The van der Waals surface area contributed by atoms with Gasteiger partial charge in [-0.15, -0.1) is 11.8 Å². The Morgan fingerprint density at radius 3 is 3.04 bits per heavy atom. The normalized spacial score (nSPS) is 22.6. The largest absolute Gasteiger partial charge is 0.336 e. The van der Waals surface area contributed by atoms with Crippen LogP contribution >= 0.6 is 34.7 Å². The van der Waals surface area contributed by atoms with Crippen LogP contribution in [0.2, 0.25) is 5.02 Å². The number of nitrogens with zero attached hydrogens (tertiary/aromatic N) is 1. The SMILES string of the molecule is O=C1Nc2cc(Cl)ccc2SC1CC(=O)N1CCCC1c1ccsc1. The van der Waals surface area contributed by atoms with Gasteiger partial charge in [0, 0.05) is 22.9 Å². The van der Waals surface area contributed by atoms with Crippen molar-refractivity contribution in [3.05, 3.63) is 45.6 Å². The summed E-state index contributed by atoms with van der Waals surface area (Å²) in [6.07, 6.45) is 2.23. The number of fused-ring (bicyclic) bond motifs is 1. The van der Waals surface area contributed by atoms with E-state index in [0.29, 0.717) is 5.02 Å². The fourth-order valence-corrected chi connectivity index (χ4v) is 5.37. The van der Waals surface area contributed by atoms with Crippen LogP contribution in [0.4, 0.5) is 5.69 Å². The van der Waals surface area contributed by atoms with Crippen molar-refractivity contribution in [1.82, 2.24) is 4.90 Å². The summed E-state index contributed by atoms with van der Waals surface area (Å²) in [6.45, 7) is 0.768. The second-order valence-electron chi connectivity index (χ2n) is 6.24. The Bertz CT molecular complexity index is 809. The molecule has 2 aliphatic rings. The number of rotatable bonds is 3. The number of thioether (sulfide) groups is 1. The number of nitrogens with one attached hydrogen (secondary N) is 1. The van der Waals surface area contributed by atoms with E-state index in [1.807, 2.05) is 16.3 Å². The molecule has 25 heavy (non-hydrogen) atoms. The minimum atomic E-state index is -0.398. The van der Waals surface area contributed by atoms with Crippen LogP contribution in [0.15, 0.2) is 39.9 Å². The molecule has 1 aromatic heterocycles. The minimum absolute atomic E-state index is 0.0544. The number of halogens is 1. The third-order valence-corrected chi connectivity index (χ3v) is 6.83. The van der Waals surface area contributed by atoms with Crippen LogP contribution in [0.1, 0.15) is 30.9 Å². The highest BCUT2D eigenvalue weighted by Gasteiger charge is 2.35. The Labute approximate surface area is 159 Å². The number of amides is 2. The van der Waals surface area contributed by atoms with Gasteiger partial charge in [-0.05, 0) is 53.4 Å². The Morgan fingerprint density at radius 2 is 2.24 bits per heavy atom. The van der Waals surface area contributed by atoms with Gasteiger partial charge in [0.25, 0.3) is 0 Å². The molecule has 1 saturated heterocycles. The highest BCUT2D eigenvalue weighted by molar-refractivity contribution is 8.01. The van der Waals surface area contributed by atoms with Crippen LogP contribution in [-0.4, -0.2) is 28.5 Å². The molecule has 0 spiro atoms. The molecule has 0 saturated carbocycles. The number of thiophene rings is 1. The Morgan fingerprint density at radius 1 is 1.36 bits per heavy atom. The molecule has 2 aromatic rings. The first-order valence-electron chi connectivity index (χ1n) is 8.20. The molecule has 2 aliphatic heterocycles. The molecule has 2 amide bonds. The number of likely N-dealkylation sites (tertiary alicyclic amines) is 1. The molecule has 2 atom stereocenters. The van der Waals surface area contributed by atoms with E-state index in [1.54, 1.807) is 23.5 Å². The summed E-state index contributed by atoms with van der Waals surface area (Å²) in [5, 5.41) is 7.22. The van der Waals surface area contributed by atoms with Crippen molar-refractivity contribution in [2.45, 2.75) is 35.4 Å². The molecule has 4 rings (SSSR count). The maximum absolute atomic E-state index is 12.8. The van der Waals surface area contributed by atoms with Gasteiger partial charge < -0.3 is 10.2 Å². The average molecular weight is 393 g/mol. The van der Waals surface area contributed by atoms with E-state index in [1.165, 1.54) is 17.3 Å². The lowest BCUT2D eigenvalue weighted by atomic mass is 10.1. The molecule has 0 aliphatic carbocycles. The van der Waals surface area contributed by atoms with E-state index in [4.69, 9.17) is 11.6 Å². The molecule has 1 fully saturated rings. The molecule has 7 heteroatoms. The highest BCUT2D eigenvalue weighted by Crippen LogP contribution is 2.40. The summed E-state index contributed by atoms with van der Waals surface area (Å²) in [4.78, 5) is 28.1. The van der Waals surface area contributed by atoms with Gasteiger partial charge in [-0.3, -0.25) is 9.59 Å². The number of benzene rings is 1. The van der Waals surface area contributed by atoms with Gasteiger partial charge in [0.05, 0.1) is 17.0 Å². The molecule has 0 radical (unpaired) electrons. The molecule has 2 unspecified atom stereocenters. The molecular formula is C18H17ClN2O2S2. The van der Waals surface area contributed by atoms with Crippen LogP contribution in [0.25, 0.3) is 0 Å². The van der Waals surface area contributed by atoms with E-state index in [-0.39, 0.29) is 24.3 Å². The number of carbonyl (C=O) groups excluding carboxylic acids is 2. The van der Waals surface area contributed by atoms with E-state index >= 15 is 0 Å². The first kappa shape index (κ1) is 16.9. The van der Waals surface area contributed by atoms with Crippen molar-refractivity contribution in [3.8, 4) is 0 Å². The predicted molar refractivity (Wildman–Crippen MR) is 102 cm³/mol. The fourth-order valence-electron chi connectivity index (χ4n) is 3.41. The summed E-state index contributed by atoms with van der Waals surface area (Å²) >= 11 is 9.07. The Hall–Kier alpha value is -1.50. The van der Waals surface area contributed by atoms with E-state index in [2.05, 4.69) is 16.8 Å². The second kappa shape index (κ2) is 7.02. The van der Waals surface area contributed by atoms with Crippen molar-refractivity contribution in [1.29, 1.82) is 0 Å². The topological polar surface area (TPSA) is 49.4 Å². The van der Waals surface area contributed by atoms with Crippen molar-refractivity contribution in [3.63, 3.8) is 0 Å². The first-order chi connectivity index (χ1) is 12.1. The van der Waals surface area contributed by atoms with Crippen LogP contribution in [0.5, 0.6) is 0 Å². The van der Waals surface area contributed by atoms with Crippen LogP contribution in [0.3, 0.4) is 0 Å². The number of anilines is 1. The molecule has 130 valence electrons. The van der Waals surface area contributed by atoms with Crippen molar-refractivity contribution >= 4 is 52.2 Å². The maximum atomic E-state index is 12.8. The zero-order chi connectivity index (χ0) is 17.4. The van der Waals surface area contributed by atoms with Gasteiger partial charge in [-0.1, -0.05) is 11.6 Å². The van der Waals surface area contributed by atoms with Gasteiger partial charge in [0.2, 0.25) is 11.8 Å². The lowest BCUT2D eigenvalue weighted by Gasteiger charge is -2.28. The van der Waals surface area contributed by atoms with Crippen molar-refractivity contribution in [2.24, 2.45) is 0 Å². The first-order valence-corrected chi connectivity index (χ1v) is 10.4. The van der Waals surface area contributed by atoms with E-state index in [9.17, 15) is 9.59 Å². The molecule has 4 nitrogen and oxygen atoms in total. The quantitative estimate of drug-likeness (QED) is 0.832. The lowest BCUT2D eigenvalue weighted by Crippen LogP contribution is -2.37. The molecule has 1 N–H and O–H groups in total. The summed E-state index contributed by atoms with van der Waals surface area (Å²) in [5.41, 5.74) is 1.93. The van der Waals surface area contributed by atoms with E-state index in [0.717, 1.165) is 30.0 Å². The highest BCUT2D eigenvalue weighted by atomic mass is 35.5. The lowest BCUT2D eigenvalue weighted by molar-refractivity contribution is -0.133. The van der Waals surface area contributed by atoms with Crippen LogP contribution < -0.4 is 5.32 Å². The fraction of sp³-hybridized carbons (Fsp3) is 0.333. The van der Waals surface area contributed by atoms with Gasteiger partial charge in [0.15, 0.2) is 0 Å². The number of hydrogen-bond acceptors (Lipinski definition) is 4.